The first kappa shape index (κ1) is 15.3. The fraction of sp³-hybridized carbons (Fsp3) is 0.643. The molecule has 0 bridgehead atoms. The molecule has 7 heteroatoms. The minimum atomic E-state index is -0.257. The molecule has 21 heavy (non-hydrogen) atoms. The van der Waals surface area contributed by atoms with Crippen LogP contribution >= 0.6 is 0 Å². The fourth-order valence-corrected chi connectivity index (χ4v) is 2.42. The average Bonchev–Trinajstić information content (AvgIpc) is 2.53. The maximum Gasteiger partial charge on any atom is 0.266 e. The van der Waals surface area contributed by atoms with Crippen molar-refractivity contribution in [3.63, 3.8) is 0 Å². The zero-order chi connectivity index (χ0) is 15.2. The van der Waals surface area contributed by atoms with Crippen molar-refractivity contribution in [3.8, 4) is 6.07 Å². The molecule has 2 amide bonds. The predicted octanol–water partition coefficient (Wildman–Crippen LogP) is -0.583. The third-order valence-electron chi connectivity index (χ3n) is 3.72. The first-order chi connectivity index (χ1) is 10.1. The summed E-state index contributed by atoms with van der Waals surface area (Å²) in [6, 6.07) is 1.99. The predicted molar refractivity (Wildman–Crippen MR) is 74.9 cm³/mol. The van der Waals surface area contributed by atoms with Gasteiger partial charge in [-0.15, -0.1) is 0 Å². The molecule has 0 radical (unpaired) electrons. The lowest BCUT2D eigenvalue weighted by Gasteiger charge is -2.34. The number of hydrogen-bond acceptors (Lipinski definition) is 5. The molecule has 2 rings (SSSR count). The summed E-state index contributed by atoms with van der Waals surface area (Å²) >= 11 is 0. The van der Waals surface area contributed by atoms with E-state index in [4.69, 9.17) is 4.74 Å². The van der Waals surface area contributed by atoms with Crippen LogP contribution in [0.3, 0.4) is 0 Å². The lowest BCUT2D eigenvalue weighted by atomic mass is 10.2. The van der Waals surface area contributed by atoms with E-state index < -0.39 is 0 Å². The second-order valence-corrected chi connectivity index (χ2v) is 5.10. The molecule has 2 heterocycles. The topological polar surface area (TPSA) is 76.9 Å². The van der Waals surface area contributed by atoms with Crippen molar-refractivity contribution < 1.29 is 14.3 Å². The average molecular weight is 292 g/mol. The summed E-state index contributed by atoms with van der Waals surface area (Å²) < 4.78 is 5.24. The van der Waals surface area contributed by atoms with Crippen LogP contribution < -0.4 is 0 Å². The SMILES string of the molecule is CC(=O)N1CCN(C(=O)/C(C#N)=C\N2CCOCC2)CC1. The Balaban J connectivity index is 1.96. The normalized spacial score (nSPS) is 20.2. The molecule has 0 N–H and O–H groups in total. The van der Waals surface area contributed by atoms with E-state index in [1.807, 2.05) is 11.0 Å². The van der Waals surface area contributed by atoms with Gasteiger partial charge in [0, 0.05) is 52.4 Å². The molecule has 0 unspecified atom stereocenters. The van der Waals surface area contributed by atoms with E-state index in [1.54, 1.807) is 16.0 Å². The quantitative estimate of drug-likeness (QED) is 0.502. The van der Waals surface area contributed by atoms with E-state index in [1.165, 1.54) is 6.92 Å². The van der Waals surface area contributed by atoms with Crippen LogP contribution in [0.2, 0.25) is 0 Å². The zero-order valence-corrected chi connectivity index (χ0v) is 12.2. The Bertz CT molecular complexity index is 469. The lowest BCUT2D eigenvalue weighted by Crippen LogP contribution is -2.50. The van der Waals surface area contributed by atoms with Crippen molar-refractivity contribution >= 4 is 11.8 Å². The maximum atomic E-state index is 12.4. The molecule has 2 fully saturated rings. The van der Waals surface area contributed by atoms with Crippen LogP contribution in [-0.4, -0.2) is 79.0 Å². The molecule has 114 valence electrons. The van der Waals surface area contributed by atoms with E-state index in [2.05, 4.69) is 0 Å². The van der Waals surface area contributed by atoms with E-state index >= 15 is 0 Å². The van der Waals surface area contributed by atoms with Crippen LogP contribution in [0, 0.1) is 11.3 Å². The number of nitriles is 1. The molecule has 0 aromatic rings. The van der Waals surface area contributed by atoms with Crippen LogP contribution in [-0.2, 0) is 14.3 Å². The highest BCUT2D eigenvalue weighted by molar-refractivity contribution is 5.97. The van der Waals surface area contributed by atoms with Gasteiger partial charge in [0.2, 0.25) is 5.91 Å². The Kier molecular flexibility index (Phi) is 5.17. The van der Waals surface area contributed by atoms with Crippen molar-refractivity contribution in [2.24, 2.45) is 0 Å². The smallest absolute Gasteiger partial charge is 0.266 e. The molecule has 0 saturated carbocycles. The molecule has 2 aliphatic heterocycles. The fourth-order valence-electron chi connectivity index (χ4n) is 2.42. The number of rotatable bonds is 2. The maximum absolute atomic E-state index is 12.4. The number of morpholine rings is 1. The van der Waals surface area contributed by atoms with Crippen LogP contribution in [0.4, 0.5) is 0 Å². The van der Waals surface area contributed by atoms with E-state index in [0.717, 1.165) is 0 Å². The van der Waals surface area contributed by atoms with Gasteiger partial charge in [0.05, 0.1) is 13.2 Å². The molecular weight excluding hydrogens is 272 g/mol. The standard InChI is InChI=1S/C14H20N4O3/c1-12(19)17-2-4-18(5-3-17)14(20)13(10-15)11-16-6-8-21-9-7-16/h11H,2-9H2,1H3/b13-11-. The Morgan fingerprint density at radius 1 is 1.05 bits per heavy atom. The Morgan fingerprint density at radius 2 is 1.62 bits per heavy atom. The molecule has 0 spiro atoms. The summed E-state index contributed by atoms with van der Waals surface area (Å²) in [5.41, 5.74) is 0.146. The van der Waals surface area contributed by atoms with Gasteiger partial charge in [0.15, 0.2) is 0 Å². The number of piperazine rings is 1. The van der Waals surface area contributed by atoms with Gasteiger partial charge in [-0.3, -0.25) is 9.59 Å². The van der Waals surface area contributed by atoms with Crippen molar-refractivity contribution in [2.45, 2.75) is 6.92 Å². The number of nitrogens with zero attached hydrogens (tertiary/aromatic N) is 4. The molecule has 0 aromatic heterocycles. The van der Waals surface area contributed by atoms with Gasteiger partial charge in [0.25, 0.3) is 5.91 Å². The summed E-state index contributed by atoms with van der Waals surface area (Å²) in [5.74, 6) is -0.237. The third-order valence-corrected chi connectivity index (χ3v) is 3.72. The van der Waals surface area contributed by atoms with Crippen molar-refractivity contribution in [1.82, 2.24) is 14.7 Å². The number of ether oxygens (including phenoxy) is 1. The second kappa shape index (κ2) is 7.09. The van der Waals surface area contributed by atoms with Gasteiger partial charge in [-0.05, 0) is 0 Å². The van der Waals surface area contributed by atoms with Gasteiger partial charge in [-0.1, -0.05) is 0 Å². The molecule has 2 saturated heterocycles. The third kappa shape index (κ3) is 3.95. The van der Waals surface area contributed by atoms with Crippen molar-refractivity contribution in [3.05, 3.63) is 11.8 Å². The molecule has 7 nitrogen and oxygen atoms in total. The molecule has 2 aliphatic rings. The van der Waals surface area contributed by atoms with Crippen LogP contribution in [0.25, 0.3) is 0 Å². The minimum Gasteiger partial charge on any atom is -0.378 e. The minimum absolute atomic E-state index is 0.0199. The molecule has 0 aliphatic carbocycles. The Labute approximate surface area is 124 Å². The second-order valence-electron chi connectivity index (χ2n) is 5.10. The summed E-state index contributed by atoms with van der Waals surface area (Å²) in [6.07, 6.45) is 1.63. The number of hydrogen-bond donors (Lipinski definition) is 0. The highest BCUT2D eigenvalue weighted by Crippen LogP contribution is 2.09. The number of carbonyl (C=O) groups is 2. The van der Waals surface area contributed by atoms with Crippen LogP contribution in [0.15, 0.2) is 11.8 Å². The summed E-state index contributed by atoms with van der Waals surface area (Å²) in [5, 5.41) is 9.21. The van der Waals surface area contributed by atoms with Gasteiger partial charge in [-0.25, -0.2) is 0 Å². The highest BCUT2D eigenvalue weighted by atomic mass is 16.5. The Morgan fingerprint density at radius 3 is 2.14 bits per heavy atom. The van der Waals surface area contributed by atoms with Crippen LogP contribution in [0.5, 0.6) is 0 Å². The van der Waals surface area contributed by atoms with Gasteiger partial charge < -0.3 is 19.4 Å². The van der Waals surface area contributed by atoms with Crippen LogP contribution in [0.1, 0.15) is 6.92 Å². The lowest BCUT2D eigenvalue weighted by molar-refractivity contribution is -0.136. The monoisotopic (exact) mass is 292 g/mol. The Hall–Kier alpha value is -2.07. The van der Waals surface area contributed by atoms with Gasteiger partial charge >= 0.3 is 0 Å². The summed E-state index contributed by atoms with van der Waals surface area (Å²) in [4.78, 5) is 28.9. The largest absolute Gasteiger partial charge is 0.378 e. The van der Waals surface area contributed by atoms with Crippen molar-refractivity contribution in [1.29, 1.82) is 5.26 Å². The molecule has 0 atom stereocenters. The van der Waals surface area contributed by atoms with E-state index in [-0.39, 0.29) is 17.4 Å². The van der Waals surface area contributed by atoms with Gasteiger partial charge in [0.1, 0.15) is 11.6 Å². The highest BCUT2D eigenvalue weighted by Gasteiger charge is 2.25. The first-order valence-corrected chi connectivity index (χ1v) is 7.10. The summed E-state index contributed by atoms with van der Waals surface area (Å²) in [7, 11) is 0. The van der Waals surface area contributed by atoms with Gasteiger partial charge in [-0.2, -0.15) is 5.26 Å². The zero-order valence-electron chi connectivity index (χ0n) is 12.2. The van der Waals surface area contributed by atoms with E-state index in [9.17, 15) is 14.9 Å². The number of amides is 2. The molecule has 0 aromatic carbocycles. The van der Waals surface area contributed by atoms with Crippen molar-refractivity contribution in [2.75, 3.05) is 52.5 Å². The number of carbonyl (C=O) groups excluding carboxylic acids is 2. The first-order valence-electron chi connectivity index (χ1n) is 7.10. The van der Waals surface area contributed by atoms with E-state index in [0.29, 0.717) is 52.5 Å². The molecular formula is C14H20N4O3. The summed E-state index contributed by atoms with van der Waals surface area (Å²) in [6.45, 7) is 6.13.